The molecule has 0 rings (SSSR count). The number of hydrogen-bond donors (Lipinski definition) is 10. The number of thiol groups is 4. The van der Waals surface area contributed by atoms with Crippen molar-refractivity contribution < 1.29 is 95.2 Å². The third-order valence-corrected chi connectivity index (χ3v) is 13.4. The first-order valence-corrected chi connectivity index (χ1v) is 34.0. The van der Waals surface area contributed by atoms with Gasteiger partial charge in [-0.15, -0.1) is 0 Å². The molecular formula is C59H110N6O20S4. The molecular weight excluding hydrogens is 1240 g/mol. The van der Waals surface area contributed by atoms with Gasteiger partial charge in [0.2, 0.25) is 35.4 Å². The number of nitrogens with one attached hydrogen (secondary N) is 6. The Labute approximate surface area is 550 Å². The van der Waals surface area contributed by atoms with E-state index in [1.165, 1.54) is 6.92 Å². The van der Waals surface area contributed by atoms with Crippen molar-refractivity contribution in [2.24, 2.45) is 5.92 Å². The summed E-state index contributed by atoms with van der Waals surface area (Å²) in [4.78, 5) is 101. The van der Waals surface area contributed by atoms with Crippen LogP contribution in [0.4, 0.5) is 0 Å². The molecule has 89 heavy (non-hydrogen) atoms. The molecule has 0 aromatic rings. The first-order chi connectivity index (χ1) is 43.4. The zero-order valence-corrected chi connectivity index (χ0v) is 56.5. The summed E-state index contributed by atoms with van der Waals surface area (Å²) >= 11 is 16.5. The Morgan fingerprint density at radius 2 is 0.596 bits per heavy atom. The van der Waals surface area contributed by atoms with Crippen LogP contribution in [0.5, 0.6) is 0 Å². The topological polar surface area (TPSA) is 319 Å². The molecule has 6 N–H and O–H groups in total. The summed E-state index contributed by atoms with van der Waals surface area (Å²) in [5.41, 5.74) is 0. The number of Topliss-reactive ketones (excluding diaryl/α,β-unsaturated/α-hetero) is 2. The number of carbonyl (C=O) groups is 8. The van der Waals surface area contributed by atoms with Gasteiger partial charge in [0.05, 0.1) is 165 Å². The van der Waals surface area contributed by atoms with Crippen molar-refractivity contribution >= 4 is 97.5 Å². The Morgan fingerprint density at radius 1 is 0.303 bits per heavy atom. The van der Waals surface area contributed by atoms with Gasteiger partial charge in [0.25, 0.3) is 0 Å². The normalized spacial score (nSPS) is 12.3. The number of unbranched alkanes of at least 4 members (excludes halogenated alkanes) is 3. The molecule has 26 nitrogen and oxygen atoms in total. The van der Waals surface area contributed by atoms with Crippen molar-refractivity contribution in [2.45, 2.75) is 115 Å². The molecule has 0 aromatic carbocycles. The summed E-state index contributed by atoms with van der Waals surface area (Å²) in [5.74, 6) is -0.979. The number of hydrogen-bond acceptors (Lipinski definition) is 24. The average molecular weight is 1350 g/mol. The number of rotatable bonds is 69. The van der Waals surface area contributed by atoms with Gasteiger partial charge in [0.1, 0.15) is 11.8 Å². The standard InChI is InChI=1S/C59H110N6O20S4/c1-49(66)11-20-74-22-24-76-26-28-78-30-32-80-34-36-82-38-40-84-42-43-85-41-39-83-37-35-81-33-31-79-29-27-77-25-23-75-21-19-63-58(72)50(48-53(67)51(64-56(70)14-46-88)9-3-6-16-60-54(68)12-44-86)8-2-5-18-62-59(73)52(65-57(71)15-47-89)10-4-7-17-61-55(69)13-45-87/h50-52,86-89H,2-48H2,1H3,(H,60,68)(H,61,69)(H,62,73)(H,63,72)(H,64,70)(H,65,71)/t50-,51+,52+/m1/s1. The Balaban J connectivity index is 4.49. The maximum Gasteiger partial charge on any atom is 0.242 e. The molecule has 30 heteroatoms. The minimum atomic E-state index is -0.842. The highest BCUT2D eigenvalue weighted by atomic mass is 32.1. The zero-order chi connectivity index (χ0) is 65.3. The number of amides is 6. The van der Waals surface area contributed by atoms with E-state index < -0.39 is 18.0 Å². The van der Waals surface area contributed by atoms with Gasteiger partial charge in [-0.3, -0.25) is 38.4 Å². The molecule has 0 aliphatic rings. The van der Waals surface area contributed by atoms with Crippen LogP contribution in [0.2, 0.25) is 0 Å². The molecule has 520 valence electrons. The molecule has 0 aliphatic heterocycles. The van der Waals surface area contributed by atoms with Crippen LogP contribution in [0.25, 0.3) is 0 Å². The van der Waals surface area contributed by atoms with Crippen LogP contribution in [-0.4, -0.2) is 267 Å². The fourth-order valence-electron chi connectivity index (χ4n) is 7.79. The van der Waals surface area contributed by atoms with E-state index in [9.17, 15) is 38.4 Å². The Hall–Kier alpha value is -2.92. The first-order valence-electron chi connectivity index (χ1n) is 31.4. The third kappa shape index (κ3) is 59.8. The van der Waals surface area contributed by atoms with Crippen LogP contribution in [0, 0.1) is 5.92 Å². The SMILES string of the molecule is CC(=O)CCOCCOCCOCCOCCOCCOCCOCCOCCOCCOCCOCCOCCNC(=O)[C@H](CCCCNC(=O)[C@H](CCCCNC(=O)CCS)NC(=O)CCS)CC(=O)[C@H](CCCCNC(=O)CCS)NC(=O)CCS. The van der Waals surface area contributed by atoms with E-state index in [-0.39, 0.29) is 92.6 Å². The van der Waals surface area contributed by atoms with Crippen molar-refractivity contribution in [1.29, 1.82) is 0 Å². The highest BCUT2D eigenvalue weighted by Crippen LogP contribution is 2.17. The van der Waals surface area contributed by atoms with Crippen molar-refractivity contribution in [1.82, 2.24) is 31.9 Å². The minimum Gasteiger partial charge on any atom is -0.379 e. The minimum absolute atomic E-state index is 0.0986. The summed E-state index contributed by atoms with van der Waals surface area (Å²) in [6.07, 6.45) is 5.44. The second kappa shape index (κ2) is 66.5. The lowest BCUT2D eigenvalue weighted by Gasteiger charge is -2.22. The lowest BCUT2D eigenvalue weighted by molar-refractivity contribution is -0.132. The second-order valence-corrected chi connectivity index (χ2v) is 21.9. The highest BCUT2D eigenvalue weighted by molar-refractivity contribution is 7.80. The van der Waals surface area contributed by atoms with Crippen LogP contribution in [0.15, 0.2) is 0 Å². The molecule has 0 aliphatic carbocycles. The van der Waals surface area contributed by atoms with Crippen molar-refractivity contribution in [2.75, 3.05) is 208 Å². The number of ketones is 2. The molecule has 0 heterocycles. The predicted molar refractivity (Wildman–Crippen MR) is 350 cm³/mol. The Kier molecular flexibility index (Phi) is 64.3. The fourth-order valence-corrected chi connectivity index (χ4v) is 8.60. The molecule has 0 aromatic heterocycles. The fraction of sp³-hybridized carbons (Fsp3) is 0.864. The van der Waals surface area contributed by atoms with E-state index >= 15 is 0 Å². The largest absolute Gasteiger partial charge is 0.379 e. The van der Waals surface area contributed by atoms with Gasteiger partial charge < -0.3 is 88.7 Å². The van der Waals surface area contributed by atoms with Crippen LogP contribution >= 0.6 is 50.5 Å². The summed E-state index contributed by atoms with van der Waals surface area (Å²) < 4.78 is 66.1. The van der Waals surface area contributed by atoms with Gasteiger partial charge in [0.15, 0.2) is 5.78 Å². The van der Waals surface area contributed by atoms with Crippen molar-refractivity contribution in [3.8, 4) is 0 Å². The smallest absolute Gasteiger partial charge is 0.242 e. The summed E-state index contributed by atoms with van der Waals surface area (Å²) in [5, 5.41) is 17.0. The highest BCUT2D eigenvalue weighted by Gasteiger charge is 2.28. The van der Waals surface area contributed by atoms with E-state index in [1.54, 1.807) is 0 Å². The third-order valence-electron chi connectivity index (χ3n) is 12.5. The van der Waals surface area contributed by atoms with Crippen LogP contribution in [0.1, 0.15) is 103 Å². The van der Waals surface area contributed by atoms with Crippen molar-refractivity contribution in [3.05, 3.63) is 0 Å². The van der Waals surface area contributed by atoms with Crippen molar-refractivity contribution in [3.63, 3.8) is 0 Å². The van der Waals surface area contributed by atoms with Gasteiger partial charge in [-0.2, -0.15) is 50.5 Å². The van der Waals surface area contributed by atoms with Gasteiger partial charge in [-0.25, -0.2) is 0 Å². The summed E-state index contributed by atoms with van der Waals surface area (Å²) in [7, 11) is 0. The molecule has 6 amide bonds. The van der Waals surface area contributed by atoms with E-state index in [4.69, 9.17) is 56.8 Å². The molecule has 0 saturated heterocycles. The Morgan fingerprint density at radius 3 is 0.955 bits per heavy atom. The van der Waals surface area contributed by atoms with E-state index in [1.807, 2.05) is 0 Å². The molecule has 3 atom stereocenters. The molecule has 0 saturated carbocycles. The zero-order valence-electron chi connectivity index (χ0n) is 52.9. The maximum atomic E-state index is 13.9. The number of carbonyl (C=O) groups excluding carboxylic acids is 8. The predicted octanol–water partition coefficient (Wildman–Crippen LogP) is 1.96. The van der Waals surface area contributed by atoms with Crippen LogP contribution in [0.3, 0.4) is 0 Å². The maximum absolute atomic E-state index is 13.9. The molecule has 0 spiro atoms. The second-order valence-electron chi connectivity index (χ2n) is 20.1. The van der Waals surface area contributed by atoms with Gasteiger partial charge in [-0.1, -0.05) is 6.42 Å². The van der Waals surface area contributed by atoms with E-state index in [0.717, 1.165) is 0 Å². The van der Waals surface area contributed by atoms with E-state index in [2.05, 4.69) is 82.4 Å². The van der Waals surface area contributed by atoms with E-state index in [0.29, 0.717) is 259 Å². The van der Waals surface area contributed by atoms with Crippen LogP contribution < -0.4 is 31.9 Å². The quantitative estimate of drug-likeness (QED) is 0.0307. The number of ether oxygens (including phenoxy) is 12. The van der Waals surface area contributed by atoms with Crippen LogP contribution in [-0.2, 0) is 95.2 Å². The summed E-state index contributed by atoms with van der Waals surface area (Å²) in [6.45, 7) is 12.8. The van der Waals surface area contributed by atoms with Gasteiger partial charge in [-0.05, 0) is 81.3 Å². The van der Waals surface area contributed by atoms with Gasteiger partial charge >= 0.3 is 0 Å². The molecule has 0 unspecified atom stereocenters. The molecule has 0 bridgehead atoms. The lowest BCUT2D eigenvalue weighted by atomic mass is 9.91. The first kappa shape index (κ1) is 86.1. The molecule has 0 fully saturated rings. The Bertz CT molecular complexity index is 1780. The lowest BCUT2D eigenvalue weighted by Crippen LogP contribution is -2.47. The molecule has 0 radical (unpaired) electrons. The summed E-state index contributed by atoms with van der Waals surface area (Å²) in [6, 6.07) is -1.62. The average Bonchev–Trinajstić information content (AvgIpc) is 3.63. The monoisotopic (exact) mass is 1350 g/mol. The van der Waals surface area contributed by atoms with Gasteiger partial charge in [0, 0.05) is 70.6 Å².